The first-order chi connectivity index (χ1) is 13.3. The van der Waals surface area contributed by atoms with Crippen LogP contribution in [-0.2, 0) is 16.8 Å². The summed E-state index contributed by atoms with van der Waals surface area (Å²) in [6, 6.07) is 4.49. The molecule has 1 spiro atoms. The van der Waals surface area contributed by atoms with Gasteiger partial charge in [-0.05, 0) is 26.0 Å². The van der Waals surface area contributed by atoms with E-state index in [1.54, 1.807) is 7.11 Å². The van der Waals surface area contributed by atoms with Crippen molar-refractivity contribution in [3.05, 3.63) is 35.4 Å². The molecule has 3 aliphatic rings. The van der Waals surface area contributed by atoms with E-state index in [-0.39, 0.29) is 17.4 Å². The van der Waals surface area contributed by atoms with Crippen LogP contribution in [-0.4, -0.2) is 53.9 Å². The molecule has 6 heteroatoms. The van der Waals surface area contributed by atoms with Crippen LogP contribution >= 0.6 is 0 Å². The molecule has 6 nitrogen and oxygen atoms in total. The summed E-state index contributed by atoms with van der Waals surface area (Å²) in [7, 11) is 1.67. The molecule has 1 amide bonds. The zero-order valence-electron chi connectivity index (χ0n) is 17.0. The number of nitrogens with zero attached hydrogens (tertiary/aromatic N) is 1. The maximum absolute atomic E-state index is 11.6. The van der Waals surface area contributed by atoms with Crippen LogP contribution in [0, 0.1) is 0 Å². The Morgan fingerprint density at radius 3 is 2.93 bits per heavy atom. The van der Waals surface area contributed by atoms with E-state index in [0.29, 0.717) is 18.9 Å². The number of aliphatic hydroxyl groups is 1. The van der Waals surface area contributed by atoms with E-state index in [9.17, 15) is 9.90 Å². The molecule has 4 atom stereocenters. The summed E-state index contributed by atoms with van der Waals surface area (Å²) in [5.41, 5.74) is 7.70. The predicted octanol–water partition coefficient (Wildman–Crippen LogP) is 2.02. The molecule has 28 heavy (non-hydrogen) atoms. The number of primary amides is 1. The minimum atomic E-state index is -0.484. The van der Waals surface area contributed by atoms with Crippen LogP contribution in [0.1, 0.15) is 44.2 Å². The van der Waals surface area contributed by atoms with Crippen LogP contribution < -0.4 is 15.2 Å². The summed E-state index contributed by atoms with van der Waals surface area (Å²) >= 11 is 0. The first-order valence-corrected chi connectivity index (χ1v) is 10.2. The first-order valence-electron chi connectivity index (χ1n) is 10.2. The molecule has 1 aromatic carbocycles. The lowest BCUT2D eigenvalue weighted by atomic mass is 9.69. The Balaban J connectivity index is 1.85. The lowest BCUT2D eigenvalue weighted by Gasteiger charge is -2.43. The standard InChI is InChI=1S/C22H30N2O4/c1-14(2)24(10-7-19(23)26)11-9-22-8-6-16(25)12-18(22)28-21-17(27-3)5-4-15(13-24)20(21)22/h4-6,8,14,16,18,25H,7,9-13H2,1-3H3,(H-,23,26)/p+1/t16-,18?,22?,24?/m0/s1. The molecular formula is C22H31N2O4+. The molecule has 1 aliphatic carbocycles. The molecule has 0 fully saturated rings. The summed E-state index contributed by atoms with van der Waals surface area (Å²) in [6.07, 6.45) is 5.37. The normalized spacial score (nSPS) is 33.0. The van der Waals surface area contributed by atoms with Crippen molar-refractivity contribution in [2.45, 2.75) is 63.3 Å². The highest BCUT2D eigenvalue weighted by Gasteiger charge is 2.55. The molecule has 152 valence electrons. The zero-order chi connectivity index (χ0) is 20.1. The third-order valence-corrected chi connectivity index (χ3v) is 7.15. The first kappa shape index (κ1) is 19.3. The van der Waals surface area contributed by atoms with Crippen LogP contribution in [0.25, 0.3) is 0 Å². The van der Waals surface area contributed by atoms with Gasteiger partial charge in [-0.15, -0.1) is 0 Å². The monoisotopic (exact) mass is 387 g/mol. The molecule has 3 unspecified atom stereocenters. The summed E-state index contributed by atoms with van der Waals surface area (Å²) in [6.45, 7) is 6.96. The number of hydrogen-bond donors (Lipinski definition) is 2. The highest BCUT2D eigenvalue weighted by molar-refractivity contribution is 5.73. The number of quaternary nitrogens is 1. The minimum Gasteiger partial charge on any atom is -0.493 e. The van der Waals surface area contributed by atoms with Crippen molar-refractivity contribution in [2.24, 2.45) is 5.73 Å². The number of carbonyl (C=O) groups excluding carboxylic acids is 1. The molecule has 0 radical (unpaired) electrons. The van der Waals surface area contributed by atoms with Gasteiger partial charge in [-0.25, -0.2) is 0 Å². The molecular weight excluding hydrogens is 356 g/mol. The van der Waals surface area contributed by atoms with E-state index in [0.717, 1.165) is 42.0 Å². The molecule has 0 aromatic heterocycles. The van der Waals surface area contributed by atoms with Gasteiger partial charge < -0.3 is 24.8 Å². The second-order valence-corrected chi connectivity index (χ2v) is 8.82. The van der Waals surface area contributed by atoms with Crippen molar-refractivity contribution in [2.75, 3.05) is 20.2 Å². The number of methoxy groups -OCH3 is 1. The number of benzene rings is 1. The Morgan fingerprint density at radius 1 is 1.46 bits per heavy atom. The number of rotatable bonds is 5. The number of amides is 1. The summed E-state index contributed by atoms with van der Waals surface area (Å²) < 4.78 is 12.8. The fourth-order valence-corrected chi connectivity index (χ4v) is 5.38. The lowest BCUT2D eigenvalue weighted by molar-refractivity contribution is -0.959. The van der Waals surface area contributed by atoms with Crippen molar-refractivity contribution >= 4 is 5.91 Å². The molecule has 2 heterocycles. The second-order valence-electron chi connectivity index (χ2n) is 8.82. The fourth-order valence-electron chi connectivity index (χ4n) is 5.38. The van der Waals surface area contributed by atoms with Crippen molar-refractivity contribution in [1.82, 2.24) is 0 Å². The summed E-state index contributed by atoms with van der Waals surface area (Å²) in [5, 5.41) is 10.2. The average Bonchev–Trinajstić information content (AvgIpc) is 2.90. The van der Waals surface area contributed by atoms with Gasteiger partial charge in [0.1, 0.15) is 12.6 Å². The minimum absolute atomic E-state index is 0.0964. The third kappa shape index (κ3) is 2.81. The molecule has 0 bridgehead atoms. The van der Waals surface area contributed by atoms with E-state index >= 15 is 0 Å². The maximum Gasteiger partial charge on any atom is 0.223 e. The van der Waals surface area contributed by atoms with Gasteiger partial charge in [0.2, 0.25) is 5.91 Å². The molecule has 0 saturated heterocycles. The molecule has 0 saturated carbocycles. The smallest absolute Gasteiger partial charge is 0.223 e. The van der Waals surface area contributed by atoms with Gasteiger partial charge in [0.05, 0.1) is 44.2 Å². The van der Waals surface area contributed by atoms with Gasteiger partial charge in [-0.2, -0.15) is 0 Å². The zero-order valence-corrected chi connectivity index (χ0v) is 17.0. The molecule has 3 N–H and O–H groups in total. The number of nitrogens with two attached hydrogens (primary N) is 1. The van der Waals surface area contributed by atoms with E-state index in [2.05, 4.69) is 26.0 Å². The number of hydrogen-bond acceptors (Lipinski definition) is 4. The molecule has 1 aromatic rings. The predicted molar refractivity (Wildman–Crippen MR) is 106 cm³/mol. The van der Waals surface area contributed by atoms with Crippen LogP contribution in [0.3, 0.4) is 0 Å². The van der Waals surface area contributed by atoms with Crippen LogP contribution in [0.4, 0.5) is 0 Å². The van der Waals surface area contributed by atoms with Crippen LogP contribution in [0.15, 0.2) is 24.3 Å². The Labute approximate surface area is 166 Å². The quantitative estimate of drug-likeness (QED) is 0.598. The van der Waals surface area contributed by atoms with Gasteiger partial charge in [0, 0.05) is 24.0 Å². The third-order valence-electron chi connectivity index (χ3n) is 7.15. The van der Waals surface area contributed by atoms with Crippen LogP contribution in [0.5, 0.6) is 11.5 Å². The lowest BCUT2D eigenvalue weighted by Crippen LogP contribution is -2.55. The number of carbonyl (C=O) groups is 1. The van der Waals surface area contributed by atoms with Gasteiger partial charge in [-0.1, -0.05) is 12.2 Å². The Hall–Kier alpha value is -2.05. The van der Waals surface area contributed by atoms with Gasteiger partial charge in [0.15, 0.2) is 11.5 Å². The van der Waals surface area contributed by atoms with Crippen molar-refractivity contribution < 1.29 is 23.9 Å². The molecule has 4 rings (SSSR count). The maximum atomic E-state index is 11.6. The second kappa shape index (κ2) is 6.78. The topological polar surface area (TPSA) is 81.8 Å². The number of aliphatic hydroxyl groups excluding tert-OH is 1. The fraction of sp³-hybridized carbons (Fsp3) is 0.591. The summed E-state index contributed by atoms with van der Waals surface area (Å²) in [4.78, 5) is 11.6. The van der Waals surface area contributed by atoms with E-state index in [1.807, 2.05) is 12.1 Å². The largest absolute Gasteiger partial charge is 0.493 e. The average molecular weight is 388 g/mol. The Kier molecular flexibility index (Phi) is 4.67. The van der Waals surface area contributed by atoms with Crippen LogP contribution in [0.2, 0.25) is 0 Å². The van der Waals surface area contributed by atoms with Gasteiger partial charge in [0.25, 0.3) is 0 Å². The van der Waals surface area contributed by atoms with Crippen molar-refractivity contribution in [3.63, 3.8) is 0 Å². The highest BCUT2D eigenvalue weighted by Crippen LogP contribution is 2.56. The highest BCUT2D eigenvalue weighted by atomic mass is 16.5. The number of ether oxygens (including phenoxy) is 2. The summed E-state index contributed by atoms with van der Waals surface area (Å²) in [5.74, 6) is 1.32. The Morgan fingerprint density at radius 2 is 2.25 bits per heavy atom. The van der Waals surface area contributed by atoms with E-state index < -0.39 is 6.10 Å². The van der Waals surface area contributed by atoms with Gasteiger partial charge >= 0.3 is 0 Å². The van der Waals surface area contributed by atoms with Crippen molar-refractivity contribution in [1.29, 1.82) is 0 Å². The van der Waals surface area contributed by atoms with Gasteiger partial charge in [-0.3, -0.25) is 4.79 Å². The SMILES string of the molecule is COc1ccc2c3c1OC1C[C@@H](O)C=CC31CC[N+](CCC(N)=O)(C(C)C)C2. The van der Waals surface area contributed by atoms with E-state index in [4.69, 9.17) is 15.2 Å². The Bertz CT molecular complexity index is 821. The molecule has 2 aliphatic heterocycles. The van der Waals surface area contributed by atoms with E-state index in [1.165, 1.54) is 11.1 Å². The van der Waals surface area contributed by atoms with Crippen molar-refractivity contribution in [3.8, 4) is 11.5 Å².